The van der Waals surface area contributed by atoms with Gasteiger partial charge in [-0.15, -0.1) is 0 Å². The third-order valence-electron chi connectivity index (χ3n) is 6.48. The summed E-state index contributed by atoms with van der Waals surface area (Å²) in [6.45, 7) is 0.557. The number of carbonyl (C=O) groups is 1. The minimum absolute atomic E-state index is 0.0113. The summed E-state index contributed by atoms with van der Waals surface area (Å²) >= 11 is 0. The summed E-state index contributed by atoms with van der Waals surface area (Å²) in [5.74, 6) is -0.263. The zero-order chi connectivity index (χ0) is 23.9. The van der Waals surface area contributed by atoms with E-state index < -0.39 is 17.6 Å². The smallest absolute Gasteiger partial charge is 0.365 e. The third kappa shape index (κ3) is 4.20. The number of rotatable bonds is 4. The molecule has 1 aliphatic carbocycles. The van der Waals surface area contributed by atoms with Crippen LogP contribution in [0.15, 0.2) is 55.0 Å². The molecular weight excluding hydrogens is 450 g/mol. The minimum atomic E-state index is -4.45. The number of alkyl halides is 3. The number of hydrogen-bond acceptors (Lipinski definition) is 5. The van der Waals surface area contributed by atoms with Crippen LogP contribution >= 0.6 is 0 Å². The monoisotopic (exact) mass is 471 g/mol. The lowest BCUT2D eigenvalue weighted by Crippen LogP contribution is -2.59. The number of pyridine rings is 3. The maximum atomic E-state index is 14.4. The topological polar surface area (TPSA) is 71.0 Å². The van der Waals surface area contributed by atoms with E-state index in [1.807, 2.05) is 0 Å². The van der Waals surface area contributed by atoms with E-state index in [0.717, 1.165) is 31.5 Å². The first-order valence-corrected chi connectivity index (χ1v) is 11.0. The Morgan fingerprint density at radius 2 is 1.76 bits per heavy atom. The van der Waals surface area contributed by atoms with Crippen LogP contribution in [0.1, 0.15) is 35.2 Å². The number of anilines is 1. The third-order valence-corrected chi connectivity index (χ3v) is 6.48. The van der Waals surface area contributed by atoms with Crippen molar-refractivity contribution in [2.75, 3.05) is 11.9 Å². The van der Waals surface area contributed by atoms with E-state index in [1.54, 1.807) is 17.0 Å². The lowest BCUT2D eigenvalue weighted by Gasteiger charge is -2.50. The van der Waals surface area contributed by atoms with Crippen molar-refractivity contribution in [3.05, 3.63) is 71.9 Å². The maximum absolute atomic E-state index is 14.4. The van der Waals surface area contributed by atoms with Crippen molar-refractivity contribution in [2.24, 2.45) is 5.92 Å². The van der Waals surface area contributed by atoms with Crippen LogP contribution in [0.25, 0.3) is 11.4 Å². The molecule has 6 rings (SSSR count). The van der Waals surface area contributed by atoms with E-state index in [0.29, 0.717) is 12.4 Å². The number of carbonyl (C=O) groups excluding carboxylic acids is 1. The molecule has 3 fully saturated rings. The van der Waals surface area contributed by atoms with Crippen molar-refractivity contribution in [1.29, 1.82) is 0 Å². The van der Waals surface area contributed by atoms with Crippen molar-refractivity contribution < 1.29 is 22.4 Å². The van der Waals surface area contributed by atoms with Crippen LogP contribution in [0.4, 0.5) is 23.4 Å². The Bertz CT molecular complexity index is 1200. The molecule has 3 atom stereocenters. The van der Waals surface area contributed by atoms with E-state index in [9.17, 15) is 22.4 Å². The van der Waals surface area contributed by atoms with E-state index >= 15 is 0 Å². The molecule has 0 aromatic carbocycles. The molecule has 176 valence electrons. The molecule has 1 amide bonds. The number of nitrogens with zero attached hydrogens (tertiary/aromatic N) is 4. The van der Waals surface area contributed by atoms with Gasteiger partial charge in [0.05, 0.1) is 17.2 Å². The Hall–Kier alpha value is -3.56. The lowest BCUT2D eigenvalue weighted by molar-refractivity contribution is -0.137. The Morgan fingerprint density at radius 1 is 1.00 bits per heavy atom. The Balaban J connectivity index is 1.40. The van der Waals surface area contributed by atoms with E-state index in [4.69, 9.17) is 0 Å². The number of piperidine rings is 2. The van der Waals surface area contributed by atoms with Crippen LogP contribution in [0.2, 0.25) is 0 Å². The average molecular weight is 471 g/mol. The van der Waals surface area contributed by atoms with Gasteiger partial charge in [-0.2, -0.15) is 13.2 Å². The molecule has 10 heteroatoms. The summed E-state index contributed by atoms with van der Waals surface area (Å²) in [6.07, 6.45) is 1.78. The van der Waals surface area contributed by atoms with Gasteiger partial charge < -0.3 is 10.2 Å². The summed E-state index contributed by atoms with van der Waals surface area (Å²) in [7, 11) is 0. The second-order valence-electron chi connectivity index (χ2n) is 8.62. The van der Waals surface area contributed by atoms with Gasteiger partial charge in [0.1, 0.15) is 17.2 Å². The Labute approximate surface area is 193 Å². The summed E-state index contributed by atoms with van der Waals surface area (Å²) in [4.78, 5) is 27.6. The van der Waals surface area contributed by atoms with Gasteiger partial charge in [0.15, 0.2) is 5.82 Å². The molecule has 3 aromatic heterocycles. The van der Waals surface area contributed by atoms with Gasteiger partial charge in [0.2, 0.25) is 0 Å². The first-order valence-electron chi connectivity index (χ1n) is 11.0. The molecule has 0 spiro atoms. The summed E-state index contributed by atoms with van der Waals surface area (Å²) in [5.41, 5.74) is -0.358. The fraction of sp³-hybridized carbons (Fsp3) is 0.333. The summed E-state index contributed by atoms with van der Waals surface area (Å²) in [5, 5.41) is 3.22. The molecular formula is C24H21F4N5O. The molecule has 1 N–H and O–H groups in total. The van der Waals surface area contributed by atoms with E-state index in [1.165, 1.54) is 30.6 Å². The van der Waals surface area contributed by atoms with Crippen LogP contribution < -0.4 is 5.32 Å². The van der Waals surface area contributed by atoms with Crippen molar-refractivity contribution in [3.8, 4) is 11.4 Å². The molecule has 2 bridgehead atoms. The minimum Gasteiger partial charge on any atom is -0.365 e. The molecule has 2 aliphatic heterocycles. The number of amides is 1. The van der Waals surface area contributed by atoms with Crippen LogP contribution in [0.3, 0.4) is 0 Å². The van der Waals surface area contributed by atoms with E-state index in [-0.39, 0.29) is 40.9 Å². The molecule has 3 unspecified atom stereocenters. The van der Waals surface area contributed by atoms with Crippen LogP contribution in [-0.4, -0.2) is 44.4 Å². The van der Waals surface area contributed by atoms with E-state index in [2.05, 4.69) is 20.3 Å². The first kappa shape index (κ1) is 22.2. The number of aromatic nitrogens is 3. The molecule has 5 heterocycles. The number of hydrogen-bond donors (Lipinski definition) is 1. The predicted octanol–water partition coefficient (Wildman–Crippen LogP) is 4.80. The standard InChI is InChI=1S/C24H21F4N5O/c25-17-4-2-10-30-22(17)21-16(3-1-9-29-21)23(34)33-13-14-5-7-19(33)18(11-14)32-20-8-6-15(12-31-20)24(26,27)28/h1-4,6,8-10,12,14,18-19H,5,7,11,13H2,(H,31,32). The van der Waals surface area contributed by atoms with Gasteiger partial charge >= 0.3 is 6.18 Å². The molecule has 6 nitrogen and oxygen atoms in total. The number of halogens is 4. The summed E-state index contributed by atoms with van der Waals surface area (Å²) in [6, 6.07) is 7.94. The highest BCUT2D eigenvalue weighted by atomic mass is 19.4. The van der Waals surface area contributed by atoms with Crippen molar-refractivity contribution >= 4 is 11.7 Å². The Kier molecular flexibility index (Phi) is 5.66. The van der Waals surface area contributed by atoms with Crippen molar-refractivity contribution in [3.63, 3.8) is 0 Å². The largest absolute Gasteiger partial charge is 0.417 e. The van der Waals surface area contributed by atoms with Gasteiger partial charge in [-0.05, 0) is 61.6 Å². The highest BCUT2D eigenvalue weighted by molar-refractivity contribution is 6.00. The fourth-order valence-corrected chi connectivity index (χ4v) is 4.90. The Morgan fingerprint density at radius 3 is 2.44 bits per heavy atom. The predicted molar refractivity (Wildman–Crippen MR) is 116 cm³/mol. The lowest BCUT2D eigenvalue weighted by atomic mass is 9.76. The quantitative estimate of drug-likeness (QED) is 0.554. The van der Waals surface area contributed by atoms with Gasteiger partial charge in [0.25, 0.3) is 5.91 Å². The molecule has 34 heavy (non-hydrogen) atoms. The molecule has 3 aromatic rings. The second-order valence-corrected chi connectivity index (χ2v) is 8.62. The second kappa shape index (κ2) is 8.66. The molecule has 1 saturated carbocycles. The SMILES string of the molecule is O=C(c1cccnc1-c1ncccc1F)N1CC2CCC1C(Nc1ccc(C(F)(F)F)cn1)C2. The van der Waals surface area contributed by atoms with Crippen molar-refractivity contribution in [2.45, 2.75) is 37.5 Å². The normalized spacial score (nSPS) is 22.0. The molecule has 2 saturated heterocycles. The van der Waals surface area contributed by atoms with Gasteiger partial charge in [0, 0.05) is 31.2 Å². The molecule has 3 aliphatic rings. The van der Waals surface area contributed by atoms with Gasteiger partial charge in [-0.3, -0.25) is 14.8 Å². The highest BCUT2D eigenvalue weighted by Gasteiger charge is 2.44. The molecule has 0 radical (unpaired) electrons. The number of fused-ring (bicyclic) bond motifs is 3. The average Bonchev–Trinajstić information content (AvgIpc) is 2.84. The van der Waals surface area contributed by atoms with Crippen LogP contribution in [0.5, 0.6) is 0 Å². The number of nitrogens with one attached hydrogen (secondary N) is 1. The first-order chi connectivity index (χ1) is 16.3. The van der Waals surface area contributed by atoms with Crippen molar-refractivity contribution in [1.82, 2.24) is 19.9 Å². The highest BCUT2D eigenvalue weighted by Crippen LogP contribution is 2.38. The zero-order valence-corrected chi connectivity index (χ0v) is 18.0. The fourth-order valence-electron chi connectivity index (χ4n) is 4.90. The van der Waals surface area contributed by atoms with Crippen LogP contribution in [-0.2, 0) is 6.18 Å². The zero-order valence-electron chi connectivity index (χ0n) is 18.0. The maximum Gasteiger partial charge on any atom is 0.417 e. The van der Waals surface area contributed by atoms with Gasteiger partial charge in [-0.25, -0.2) is 9.37 Å². The van der Waals surface area contributed by atoms with Crippen LogP contribution in [0, 0.1) is 11.7 Å². The summed E-state index contributed by atoms with van der Waals surface area (Å²) < 4.78 is 52.9. The van der Waals surface area contributed by atoms with Gasteiger partial charge in [-0.1, -0.05) is 0 Å².